The second kappa shape index (κ2) is 2.58. The molecular formula is C4H8O3. The third-order valence-corrected chi connectivity index (χ3v) is 0.542. The molecule has 1 unspecified atom stereocenters. The van der Waals surface area contributed by atoms with Crippen LogP contribution in [0.3, 0.4) is 0 Å². The molecule has 1 atom stereocenters. The van der Waals surface area contributed by atoms with E-state index in [-0.39, 0.29) is 0 Å². The van der Waals surface area contributed by atoms with Crippen LogP contribution in [0.15, 0.2) is 0 Å². The molecule has 0 aromatic carbocycles. The van der Waals surface area contributed by atoms with Gasteiger partial charge >= 0.3 is 5.97 Å². The predicted octanol–water partition coefficient (Wildman–Crippen LogP) is -0.460. The molecular weight excluding hydrogens is 97.0 g/mol. The van der Waals surface area contributed by atoms with E-state index in [1.165, 1.54) is 14.0 Å². The molecule has 0 aliphatic carbocycles. The Hall–Kier alpha value is -0.570. The largest absolute Gasteiger partial charge is 0.467 e. The summed E-state index contributed by atoms with van der Waals surface area (Å²) in [6, 6.07) is 0. The molecule has 0 amide bonds. The number of esters is 1. The van der Waals surface area contributed by atoms with Gasteiger partial charge in [0.05, 0.1) is 7.11 Å². The van der Waals surface area contributed by atoms with Crippen LogP contribution >= 0.6 is 0 Å². The first-order chi connectivity index (χ1) is 3.18. The van der Waals surface area contributed by atoms with Crippen LogP contribution in [0.1, 0.15) is 6.92 Å². The smallest absolute Gasteiger partial charge is 0.334 e. The lowest BCUT2D eigenvalue weighted by atomic mass is 10.6. The van der Waals surface area contributed by atoms with Crippen molar-refractivity contribution in [3.05, 3.63) is 0 Å². The number of carbonyl (C=O) groups is 1. The normalized spacial score (nSPS) is 13.0. The Labute approximate surface area is 41.9 Å². The molecule has 0 rings (SSSR count). The summed E-state index contributed by atoms with van der Waals surface area (Å²) in [6.07, 6.45) is -0.995. The summed E-state index contributed by atoms with van der Waals surface area (Å²) in [6.45, 7) is 1.35. The highest BCUT2D eigenvalue weighted by Gasteiger charge is 2.05. The van der Waals surface area contributed by atoms with Gasteiger partial charge in [0.25, 0.3) is 0 Å². The topological polar surface area (TPSA) is 46.5 Å². The summed E-state index contributed by atoms with van der Waals surface area (Å²) < 4.78 is 4.12. The Morgan fingerprint density at radius 3 is 2.29 bits per heavy atom. The number of rotatable bonds is 1. The van der Waals surface area contributed by atoms with Crippen LogP contribution in [0, 0.1) is 0 Å². The minimum Gasteiger partial charge on any atom is -0.467 e. The van der Waals surface area contributed by atoms with Crippen LogP contribution in [0.25, 0.3) is 0 Å². The van der Waals surface area contributed by atoms with E-state index in [4.69, 9.17) is 5.11 Å². The molecule has 0 aromatic rings. The van der Waals surface area contributed by atoms with Gasteiger partial charge in [-0.1, -0.05) is 0 Å². The van der Waals surface area contributed by atoms with Crippen LogP contribution in [0.4, 0.5) is 0 Å². The SMILES string of the molecule is CO[13C](=O)C(C)O. The fourth-order valence-corrected chi connectivity index (χ4v) is 0.171. The third kappa shape index (κ3) is 2.17. The van der Waals surface area contributed by atoms with E-state index < -0.39 is 12.1 Å². The molecule has 0 spiro atoms. The first-order valence-corrected chi connectivity index (χ1v) is 1.94. The van der Waals surface area contributed by atoms with Gasteiger partial charge in [0.2, 0.25) is 0 Å². The summed E-state index contributed by atoms with van der Waals surface area (Å²) in [5, 5.41) is 8.35. The molecule has 0 heterocycles. The molecule has 1 N–H and O–H groups in total. The van der Waals surface area contributed by atoms with Crippen molar-refractivity contribution in [1.82, 2.24) is 0 Å². The van der Waals surface area contributed by atoms with E-state index in [0.29, 0.717) is 0 Å². The second-order valence-corrected chi connectivity index (χ2v) is 1.20. The van der Waals surface area contributed by atoms with Gasteiger partial charge in [-0.3, -0.25) is 0 Å². The van der Waals surface area contributed by atoms with Crippen LogP contribution in [-0.2, 0) is 9.53 Å². The minimum absolute atomic E-state index is 0.597. The fourth-order valence-electron chi connectivity index (χ4n) is 0.171. The van der Waals surface area contributed by atoms with E-state index in [2.05, 4.69) is 4.74 Å². The van der Waals surface area contributed by atoms with Crippen LogP contribution in [0.2, 0.25) is 0 Å². The van der Waals surface area contributed by atoms with Crippen molar-refractivity contribution in [2.24, 2.45) is 0 Å². The summed E-state index contributed by atoms with van der Waals surface area (Å²) in [5.74, 6) is -0.597. The fraction of sp³-hybridized carbons (Fsp3) is 0.750. The highest BCUT2D eigenvalue weighted by atomic mass is 16.6. The molecule has 0 fully saturated rings. The Kier molecular flexibility index (Phi) is 2.37. The van der Waals surface area contributed by atoms with E-state index in [1.54, 1.807) is 0 Å². The summed E-state index contributed by atoms with van der Waals surface area (Å²) in [4.78, 5) is 10.0. The van der Waals surface area contributed by atoms with E-state index in [0.717, 1.165) is 0 Å². The second-order valence-electron chi connectivity index (χ2n) is 1.20. The molecule has 0 radical (unpaired) electrons. The van der Waals surface area contributed by atoms with Crippen molar-refractivity contribution in [2.75, 3.05) is 7.11 Å². The first-order valence-electron chi connectivity index (χ1n) is 1.94. The zero-order valence-electron chi connectivity index (χ0n) is 4.34. The molecule has 7 heavy (non-hydrogen) atoms. The third-order valence-electron chi connectivity index (χ3n) is 0.542. The Bertz CT molecular complexity index is 67.3. The highest BCUT2D eigenvalue weighted by molar-refractivity contribution is 5.73. The zero-order valence-corrected chi connectivity index (χ0v) is 4.34. The maximum atomic E-state index is 10.0. The van der Waals surface area contributed by atoms with Gasteiger partial charge in [0.15, 0.2) is 0 Å². The van der Waals surface area contributed by atoms with Crippen molar-refractivity contribution in [3.63, 3.8) is 0 Å². The lowest BCUT2D eigenvalue weighted by molar-refractivity contribution is -0.149. The number of aliphatic hydroxyl groups excluding tert-OH is 1. The Morgan fingerprint density at radius 2 is 2.29 bits per heavy atom. The quantitative estimate of drug-likeness (QED) is 0.362. The van der Waals surface area contributed by atoms with Gasteiger partial charge in [-0.05, 0) is 6.92 Å². The number of hydrogen-bond acceptors (Lipinski definition) is 3. The standard InChI is InChI=1S/C4H8O3/c1-3(5)4(6)7-2/h3,5H,1-2H3/i4+1. The Morgan fingerprint density at radius 1 is 1.86 bits per heavy atom. The minimum atomic E-state index is -0.995. The van der Waals surface area contributed by atoms with Crippen molar-refractivity contribution in [2.45, 2.75) is 13.0 Å². The van der Waals surface area contributed by atoms with Gasteiger partial charge in [-0.15, -0.1) is 0 Å². The lowest BCUT2D eigenvalue weighted by Gasteiger charge is -1.97. The summed E-state index contributed by atoms with van der Waals surface area (Å²) in [7, 11) is 1.23. The molecule has 3 heteroatoms. The monoisotopic (exact) mass is 105 g/mol. The van der Waals surface area contributed by atoms with Gasteiger partial charge in [0, 0.05) is 0 Å². The average molecular weight is 105 g/mol. The molecule has 0 aliphatic rings. The average Bonchev–Trinajstić information content (AvgIpc) is 1.65. The van der Waals surface area contributed by atoms with Crippen molar-refractivity contribution >= 4 is 5.97 Å². The number of aliphatic hydroxyl groups is 1. The highest BCUT2D eigenvalue weighted by Crippen LogP contribution is 1.80. The van der Waals surface area contributed by atoms with Crippen LogP contribution < -0.4 is 0 Å². The predicted molar refractivity (Wildman–Crippen MR) is 23.7 cm³/mol. The van der Waals surface area contributed by atoms with E-state index in [9.17, 15) is 4.79 Å². The molecule has 3 nitrogen and oxygen atoms in total. The maximum Gasteiger partial charge on any atom is 0.334 e. The van der Waals surface area contributed by atoms with Crippen LogP contribution in [-0.4, -0.2) is 24.3 Å². The molecule has 0 saturated heterocycles. The number of ether oxygens (including phenoxy) is 1. The molecule has 0 bridgehead atoms. The molecule has 0 saturated carbocycles. The van der Waals surface area contributed by atoms with E-state index >= 15 is 0 Å². The number of hydrogen-bond donors (Lipinski definition) is 1. The van der Waals surface area contributed by atoms with Gasteiger partial charge in [-0.25, -0.2) is 4.79 Å². The zero-order chi connectivity index (χ0) is 5.86. The number of carbonyl (C=O) groups excluding carboxylic acids is 1. The van der Waals surface area contributed by atoms with E-state index in [1.807, 2.05) is 0 Å². The summed E-state index contributed by atoms with van der Waals surface area (Å²) in [5.41, 5.74) is 0. The van der Waals surface area contributed by atoms with Gasteiger partial charge in [0.1, 0.15) is 6.10 Å². The van der Waals surface area contributed by atoms with Gasteiger partial charge < -0.3 is 9.84 Å². The number of methoxy groups -OCH3 is 1. The van der Waals surface area contributed by atoms with Gasteiger partial charge in [-0.2, -0.15) is 0 Å². The summed E-state index contributed by atoms with van der Waals surface area (Å²) >= 11 is 0. The molecule has 42 valence electrons. The molecule has 0 aliphatic heterocycles. The molecule has 0 aromatic heterocycles. The van der Waals surface area contributed by atoms with Crippen molar-refractivity contribution in [3.8, 4) is 0 Å². The van der Waals surface area contributed by atoms with Crippen molar-refractivity contribution < 1.29 is 14.6 Å². The van der Waals surface area contributed by atoms with Crippen LogP contribution in [0.5, 0.6) is 0 Å². The lowest BCUT2D eigenvalue weighted by Crippen LogP contribution is -2.16. The Balaban J connectivity index is 3.35. The first kappa shape index (κ1) is 6.43. The maximum absolute atomic E-state index is 10.0. The van der Waals surface area contributed by atoms with Crippen molar-refractivity contribution in [1.29, 1.82) is 0 Å².